The highest BCUT2D eigenvalue weighted by Crippen LogP contribution is 2.36. The highest BCUT2D eigenvalue weighted by molar-refractivity contribution is 6.62. The molecule has 19 heavy (non-hydrogen) atoms. The first-order valence-electron chi connectivity index (χ1n) is 5.92. The first kappa shape index (κ1) is 14.0. The summed E-state index contributed by atoms with van der Waals surface area (Å²) in [6.45, 7) is 7.19. The summed E-state index contributed by atoms with van der Waals surface area (Å²) in [5.41, 5.74) is -1.72. The Morgan fingerprint density at radius 1 is 1.05 bits per heavy atom. The summed E-state index contributed by atoms with van der Waals surface area (Å²) in [6, 6.07) is 3.65. The van der Waals surface area contributed by atoms with Crippen LogP contribution < -0.4 is 5.46 Å². The van der Waals surface area contributed by atoms with Gasteiger partial charge in [0.25, 0.3) is 0 Å². The molecule has 0 amide bonds. The summed E-state index contributed by atoms with van der Waals surface area (Å²) in [7, 11) is -1.11. The standard InChI is InChI=1S/C13H14BF2NO2/c1-12(2)13(3,4)19-14(18-12)11-9(15)5-8(7-17)6-10(11)16/h5-6H,1-4H3. The Morgan fingerprint density at radius 3 is 1.84 bits per heavy atom. The predicted molar refractivity (Wildman–Crippen MR) is 66.8 cm³/mol. The van der Waals surface area contributed by atoms with Gasteiger partial charge >= 0.3 is 7.12 Å². The lowest BCUT2D eigenvalue weighted by molar-refractivity contribution is 0.00578. The molecular weight excluding hydrogens is 251 g/mol. The topological polar surface area (TPSA) is 42.2 Å². The van der Waals surface area contributed by atoms with E-state index in [1.54, 1.807) is 33.8 Å². The van der Waals surface area contributed by atoms with E-state index in [-0.39, 0.29) is 11.0 Å². The Bertz CT molecular complexity index is 527. The molecule has 1 aromatic carbocycles. The van der Waals surface area contributed by atoms with Crippen LogP contribution in [0.2, 0.25) is 0 Å². The minimum Gasteiger partial charge on any atom is -0.399 e. The molecule has 1 saturated heterocycles. The number of hydrogen-bond donors (Lipinski definition) is 0. The van der Waals surface area contributed by atoms with E-state index in [0.717, 1.165) is 12.1 Å². The molecular formula is C13H14BF2NO2. The van der Waals surface area contributed by atoms with E-state index in [1.165, 1.54) is 0 Å². The van der Waals surface area contributed by atoms with E-state index in [1.807, 2.05) is 0 Å². The highest BCUT2D eigenvalue weighted by Gasteiger charge is 2.53. The van der Waals surface area contributed by atoms with Gasteiger partial charge < -0.3 is 9.31 Å². The molecule has 1 aliphatic heterocycles. The van der Waals surface area contributed by atoms with Gasteiger partial charge in [0.1, 0.15) is 11.6 Å². The minimum absolute atomic E-state index is 0.0738. The van der Waals surface area contributed by atoms with Crippen molar-refractivity contribution < 1.29 is 18.1 Å². The number of nitrogens with zero attached hydrogens (tertiary/aromatic N) is 1. The number of halogens is 2. The van der Waals surface area contributed by atoms with E-state index >= 15 is 0 Å². The zero-order valence-electron chi connectivity index (χ0n) is 11.3. The van der Waals surface area contributed by atoms with Crippen LogP contribution in [-0.2, 0) is 9.31 Å². The van der Waals surface area contributed by atoms with E-state index in [9.17, 15) is 8.78 Å². The molecule has 2 rings (SSSR count). The fourth-order valence-corrected chi connectivity index (χ4v) is 1.83. The van der Waals surface area contributed by atoms with Crippen molar-refractivity contribution in [3.63, 3.8) is 0 Å². The van der Waals surface area contributed by atoms with E-state index in [2.05, 4.69) is 0 Å². The fraction of sp³-hybridized carbons (Fsp3) is 0.462. The number of hydrogen-bond acceptors (Lipinski definition) is 3. The van der Waals surface area contributed by atoms with Crippen LogP contribution in [0.4, 0.5) is 8.78 Å². The molecule has 0 spiro atoms. The van der Waals surface area contributed by atoms with Gasteiger partial charge in [0.2, 0.25) is 0 Å². The molecule has 1 fully saturated rings. The Hall–Kier alpha value is -1.45. The Morgan fingerprint density at radius 2 is 1.47 bits per heavy atom. The number of rotatable bonds is 1. The molecule has 0 aromatic heterocycles. The molecule has 3 nitrogen and oxygen atoms in total. The second-order valence-corrected chi connectivity index (χ2v) is 5.55. The SMILES string of the molecule is CC1(C)OB(c2c(F)cc(C#N)cc2F)OC1(C)C. The molecule has 1 heterocycles. The van der Waals surface area contributed by atoms with Crippen LogP contribution >= 0.6 is 0 Å². The average molecular weight is 265 g/mol. The average Bonchev–Trinajstić information content (AvgIpc) is 2.46. The molecule has 6 heteroatoms. The van der Waals surface area contributed by atoms with Gasteiger partial charge in [-0.2, -0.15) is 5.26 Å². The quantitative estimate of drug-likeness (QED) is 0.730. The van der Waals surface area contributed by atoms with Gasteiger partial charge in [-0.1, -0.05) is 0 Å². The van der Waals surface area contributed by atoms with Gasteiger partial charge in [0, 0.05) is 0 Å². The third-order valence-electron chi connectivity index (χ3n) is 3.70. The van der Waals surface area contributed by atoms with Crippen molar-refractivity contribution in [2.45, 2.75) is 38.9 Å². The molecule has 0 unspecified atom stereocenters. The van der Waals surface area contributed by atoms with Crippen molar-refractivity contribution in [2.75, 3.05) is 0 Å². The lowest BCUT2D eigenvalue weighted by atomic mass is 9.78. The molecule has 0 aliphatic carbocycles. The second kappa shape index (κ2) is 4.29. The van der Waals surface area contributed by atoms with Crippen molar-refractivity contribution >= 4 is 12.6 Å². The number of benzene rings is 1. The molecule has 0 atom stereocenters. The van der Waals surface area contributed by atoms with E-state index in [0.29, 0.717) is 0 Å². The first-order valence-corrected chi connectivity index (χ1v) is 5.92. The van der Waals surface area contributed by atoms with Crippen LogP contribution in [0.5, 0.6) is 0 Å². The summed E-state index contributed by atoms with van der Waals surface area (Å²) in [6.07, 6.45) is 0. The minimum atomic E-state index is -1.11. The summed E-state index contributed by atoms with van der Waals surface area (Å²) < 4.78 is 39.0. The molecule has 0 radical (unpaired) electrons. The van der Waals surface area contributed by atoms with Gasteiger partial charge in [-0.05, 0) is 39.8 Å². The molecule has 1 aromatic rings. The highest BCUT2D eigenvalue weighted by atomic mass is 19.1. The van der Waals surface area contributed by atoms with Crippen molar-refractivity contribution in [1.82, 2.24) is 0 Å². The Labute approximate surface area is 111 Å². The van der Waals surface area contributed by atoms with Crippen molar-refractivity contribution in [3.05, 3.63) is 29.3 Å². The largest absolute Gasteiger partial charge is 0.500 e. The van der Waals surface area contributed by atoms with E-state index < -0.39 is 30.0 Å². The van der Waals surface area contributed by atoms with Gasteiger partial charge in [-0.25, -0.2) is 8.78 Å². The molecule has 0 saturated carbocycles. The van der Waals surface area contributed by atoms with Crippen molar-refractivity contribution in [2.24, 2.45) is 0 Å². The van der Waals surface area contributed by atoms with Gasteiger partial charge in [-0.3, -0.25) is 0 Å². The van der Waals surface area contributed by atoms with Crippen LogP contribution in [0.1, 0.15) is 33.3 Å². The smallest absolute Gasteiger partial charge is 0.399 e. The van der Waals surface area contributed by atoms with Crippen LogP contribution in [0, 0.1) is 23.0 Å². The first-order chi connectivity index (χ1) is 8.68. The summed E-state index contributed by atoms with van der Waals surface area (Å²) >= 11 is 0. The van der Waals surface area contributed by atoms with Crippen LogP contribution in [-0.4, -0.2) is 18.3 Å². The summed E-state index contributed by atoms with van der Waals surface area (Å²) in [4.78, 5) is 0. The monoisotopic (exact) mass is 265 g/mol. The van der Waals surface area contributed by atoms with Crippen LogP contribution in [0.25, 0.3) is 0 Å². The third kappa shape index (κ3) is 2.24. The summed E-state index contributed by atoms with van der Waals surface area (Å²) in [5, 5.41) is 8.66. The maximum atomic E-state index is 13.9. The maximum Gasteiger partial charge on any atom is 0.500 e. The Balaban J connectivity index is 2.44. The van der Waals surface area contributed by atoms with Crippen LogP contribution in [0.3, 0.4) is 0 Å². The maximum absolute atomic E-state index is 13.9. The summed E-state index contributed by atoms with van der Waals surface area (Å²) in [5.74, 6) is -1.68. The zero-order chi connectivity index (χ0) is 14.4. The van der Waals surface area contributed by atoms with Gasteiger partial charge in [0.15, 0.2) is 0 Å². The van der Waals surface area contributed by atoms with Crippen molar-refractivity contribution in [1.29, 1.82) is 5.26 Å². The molecule has 0 bridgehead atoms. The lowest BCUT2D eigenvalue weighted by Crippen LogP contribution is -2.41. The van der Waals surface area contributed by atoms with E-state index in [4.69, 9.17) is 14.6 Å². The van der Waals surface area contributed by atoms with Crippen molar-refractivity contribution in [3.8, 4) is 6.07 Å². The Kier molecular flexibility index (Phi) is 3.16. The zero-order valence-corrected chi connectivity index (χ0v) is 11.3. The van der Waals surface area contributed by atoms with Gasteiger partial charge in [-0.15, -0.1) is 0 Å². The fourth-order valence-electron chi connectivity index (χ4n) is 1.83. The predicted octanol–water partition coefficient (Wildman–Crippen LogP) is 2.14. The van der Waals surface area contributed by atoms with Crippen LogP contribution in [0.15, 0.2) is 12.1 Å². The third-order valence-corrected chi connectivity index (χ3v) is 3.70. The lowest BCUT2D eigenvalue weighted by Gasteiger charge is -2.32. The second-order valence-electron chi connectivity index (χ2n) is 5.55. The molecule has 1 aliphatic rings. The van der Waals surface area contributed by atoms with Gasteiger partial charge in [0.05, 0.1) is 28.3 Å². The normalized spacial score (nSPS) is 20.4. The molecule has 0 N–H and O–H groups in total. The molecule has 100 valence electrons. The number of nitriles is 1.